The zero-order chi connectivity index (χ0) is 15.2. The molecule has 1 fully saturated rings. The number of ether oxygens (including phenoxy) is 1. The zero-order valence-corrected chi connectivity index (χ0v) is 11.9. The molecule has 2 rings (SSSR count). The minimum absolute atomic E-state index is 0.0473. The monoisotopic (exact) mass is 290 g/mol. The molecule has 1 aromatic rings. The quantitative estimate of drug-likeness (QED) is 0.660. The molecule has 0 aromatic heterocycles. The molecule has 0 aliphatic carbocycles. The van der Waals surface area contributed by atoms with Crippen LogP contribution in [0.2, 0.25) is 0 Å². The smallest absolute Gasteiger partial charge is 0.273 e. The molecule has 1 atom stereocenters. The lowest BCUT2D eigenvalue weighted by Gasteiger charge is -2.31. The van der Waals surface area contributed by atoms with Gasteiger partial charge in [-0.3, -0.25) is 10.1 Å². The summed E-state index contributed by atoms with van der Waals surface area (Å²) in [6.45, 7) is 4.27. The molecule has 1 saturated heterocycles. The lowest BCUT2D eigenvalue weighted by molar-refractivity contribution is -0.384. The third-order valence-corrected chi connectivity index (χ3v) is 3.27. The number of rotatable bonds is 5. The number of nitro groups is 1. The molecule has 7 heteroatoms. The number of benzene rings is 1. The van der Waals surface area contributed by atoms with Crippen LogP contribution in [0.1, 0.15) is 13.3 Å². The standard InChI is InChI=1S/C14H18N4O3/c1-2-3-16-11-6-12(8-13(7-11)18(19)20)17-4-5-21-14(9-15)10-17/h6-8,14,16H,2-5,10H2,1H3. The third kappa shape index (κ3) is 3.83. The van der Waals surface area contributed by atoms with Crippen molar-refractivity contribution in [2.75, 3.05) is 36.5 Å². The molecule has 7 nitrogen and oxygen atoms in total. The van der Waals surface area contributed by atoms with Gasteiger partial charge >= 0.3 is 0 Å². The van der Waals surface area contributed by atoms with Gasteiger partial charge in [0.15, 0.2) is 6.10 Å². The van der Waals surface area contributed by atoms with Crippen molar-refractivity contribution >= 4 is 17.1 Å². The molecule has 0 bridgehead atoms. The molecule has 1 aliphatic rings. The average Bonchev–Trinajstić information content (AvgIpc) is 2.52. The predicted molar refractivity (Wildman–Crippen MR) is 79.4 cm³/mol. The number of nitro benzene ring substituents is 1. The van der Waals surface area contributed by atoms with E-state index >= 15 is 0 Å². The van der Waals surface area contributed by atoms with Crippen LogP contribution in [0, 0.1) is 21.4 Å². The number of non-ortho nitro benzene ring substituents is 1. The highest BCUT2D eigenvalue weighted by Gasteiger charge is 2.22. The fourth-order valence-electron chi connectivity index (χ4n) is 2.22. The Morgan fingerprint density at radius 3 is 3.05 bits per heavy atom. The Kier molecular flexibility index (Phi) is 4.95. The molecule has 112 valence electrons. The first-order valence-corrected chi connectivity index (χ1v) is 6.93. The van der Waals surface area contributed by atoms with E-state index in [0.29, 0.717) is 19.7 Å². The maximum atomic E-state index is 11.1. The minimum atomic E-state index is -0.495. The first-order chi connectivity index (χ1) is 10.1. The first-order valence-electron chi connectivity index (χ1n) is 6.93. The van der Waals surface area contributed by atoms with Crippen LogP contribution in [0.5, 0.6) is 0 Å². The lowest BCUT2D eigenvalue weighted by atomic mass is 10.2. The van der Waals surface area contributed by atoms with Crippen LogP contribution in [-0.4, -0.2) is 37.3 Å². The van der Waals surface area contributed by atoms with Crippen molar-refractivity contribution in [3.63, 3.8) is 0 Å². The summed E-state index contributed by atoms with van der Waals surface area (Å²) < 4.78 is 5.30. The van der Waals surface area contributed by atoms with Gasteiger partial charge in [-0.05, 0) is 12.5 Å². The summed E-state index contributed by atoms with van der Waals surface area (Å²) in [5.74, 6) is 0. The summed E-state index contributed by atoms with van der Waals surface area (Å²) in [4.78, 5) is 12.6. The second-order valence-corrected chi connectivity index (χ2v) is 4.86. The van der Waals surface area contributed by atoms with E-state index in [9.17, 15) is 10.1 Å². The van der Waals surface area contributed by atoms with Gasteiger partial charge in [0.25, 0.3) is 5.69 Å². The van der Waals surface area contributed by atoms with E-state index in [2.05, 4.69) is 11.4 Å². The summed E-state index contributed by atoms with van der Waals surface area (Å²) in [5.41, 5.74) is 1.51. The van der Waals surface area contributed by atoms with Crippen molar-refractivity contribution in [1.29, 1.82) is 5.26 Å². The highest BCUT2D eigenvalue weighted by Crippen LogP contribution is 2.28. The van der Waals surface area contributed by atoms with Crippen molar-refractivity contribution < 1.29 is 9.66 Å². The second-order valence-electron chi connectivity index (χ2n) is 4.86. The maximum Gasteiger partial charge on any atom is 0.273 e. The van der Waals surface area contributed by atoms with Crippen LogP contribution in [0.15, 0.2) is 18.2 Å². The molecule has 1 aromatic carbocycles. The Morgan fingerprint density at radius 2 is 2.38 bits per heavy atom. The van der Waals surface area contributed by atoms with Gasteiger partial charge in [0.05, 0.1) is 24.1 Å². The van der Waals surface area contributed by atoms with Gasteiger partial charge in [0, 0.05) is 36.6 Å². The molecule has 1 aliphatic heterocycles. The average molecular weight is 290 g/mol. The Hall–Kier alpha value is -2.33. The van der Waals surface area contributed by atoms with Gasteiger partial charge < -0.3 is 15.0 Å². The summed E-state index contributed by atoms with van der Waals surface area (Å²) in [5, 5.41) is 23.2. The van der Waals surface area contributed by atoms with Crippen LogP contribution in [0.25, 0.3) is 0 Å². The number of hydrogen-bond acceptors (Lipinski definition) is 6. The number of nitrogens with zero attached hydrogens (tertiary/aromatic N) is 3. The molecule has 1 unspecified atom stereocenters. The van der Waals surface area contributed by atoms with E-state index in [1.165, 1.54) is 12.1 Å². The molecule has 0 radical (unpaired) electrons. The Morgan fingerprint density at radius 1 is 1.57 bits per heavy atom. The van der Waals surface area contributed by atoms with Gasteiger partial charge in [0.2, 0.25) is 0 Å². The number of nitrogens with one attached hydrogen (secondary N) is 1. The van der Waals surface area contributed by atoms with Crippen LogP contribution < -0.4 is 10.2 Å². The normalized spacial score (nSPS) is 18.1. The van der Waals surface area contributed by atoms with E-state index in [1.807, 2.05) is 17.9 Å². The van der Waals surface area contributed by atoms with E-state index in [4.69, 9.17) is 10.00 Å². The number of morpholine rings is 1. The molecule has 0 amide bonds. The second kappa shape index (κ2) is 6.90. The fraction of sp³-hybridized carbons (Fsp3) is 0.500. The predicted octanol–water partition coefficient (Wildman–Crippen LogP) is 2.15. The Labute approximate surface area is 123 Å². The Bertz CT molecular complexity index is 556. The fourth-order valence-corrected chi connectivity index (χ4v) is 2.22. The van der Waals surface area contributed by atoms with Crippen molar-refractivity contribution in [3.05, 3.63) is 28.3 Å². The van der Waals surface area contributed by atoms with E-state index in [1.54, 1.807) is 0 Å². The molecule has 21 heavy (non-hydrogen) atoms. The first kappa shape index (κ1) is 15.1. The van der Waals surface area contributed by atoms with Crippen molar-refractivity contribution in [3.8, 4) is 6.07 Å². The van der Waals surface area contributed by atoms with E-state index in [-0.39, 0.29) is 5.69 Å². The molecule has 0 saturated carbocycles. The van der Waals surface area contributed by atoms with Crippen molar-refractivity contribution in [2.24, 2.45) is 0 Å². The summed E-state index contributed by atoms with van der Waals surface area (Å²) in [6.07, 6.45) is 0.441. The van der Waals surface area contributed by atoms with Crippen LogP contribution >= 0.6 is 0 Å². The van der Waals surface area contributed by atoms with Gasteiger partial charge in [-0.1, -0.05) is 6.92 Å². The van der Waals surface area contributed by atoms with Gasteiger partial charge in [-0.25, -0.2) is 0 Å². The molecule has 1 N–H and O–H groups in total. The molecular formula is C14H18N4O3. The van der Waals surface area contributed by atoms with Gasteiger partial charge in [-0.2, -0.15) is 5.26 Å². The molecule has 1 heterocycles. The van der Waals surface area contributed by atoms with E-state index in [0.717, 1.165) is 24.3 Å². The van der Waals surface area contributed by atoms with Crippen LogP contribution in [-0.2, 0) is 4.74 Å². The minimum Gasteiger partial charge on any atom is -0.385 e. The van der Waals surface area contributed by atoms with Crippen molar-refractivity contribution in [1.82, 2.24) is 0 Å². The highest BCUT2D eigenvalue weighted by molar-refractivity contribution is 5.64. The summed E-state index contributed by atoms with van der Waals surface area (Å²) in [6, 6.07) is 7.02. The topological polar surface area (TPSA) is 91.4 Å². The number of hydrogen-bond donors (Lipinski definition) is 1. The largest absolute Gasteiger partial charge is 0.385 e. The molecule has 0 spiro atoms. The SMILES string of the molecule is CCCNc1cc(N2CCOC(C#N)C2)cc([N+](=O)[O-])c1. The lowest BCUT2D eigenvalue weighted by Crippen LogP contribution is -2.41. The number of nitriles is 1. The van der Waals surface area contributed by atoms with Crippen LogP contribution in [0.3, 0.4) is 0 Å². The summed E-state index contributed by atoms with van der Waals surface area (Å²) >= 11 is 0. The maximum absolute atomic E-state index is 11.1. The van der Waals surface area contributed by atoms with Crippen LogP contribution in [0.4, 0.5) is 17.1 Å². The van der Waals surface area contributed by atoms with Gasteiger partial charge in [-0.15, -0.1) is 0 Å². The summed E-state index contributed by atoms with van der Waals surface area (Å²) in [7, 11) is 0. The van der Waals surface area contributed by atoms with E-state index < -0.39 is 11.0 Å². The van der Waals surface area contributed by atoms with Crippen molar-refractivity contribution in [2.45, 2.75) is 19.4 Å². The highest BCUT2D eigenvalue weighted by atomic mass is 16.6. The third-order valence-electron chi connectivity index (χ3n) is 3.27. The zero-order valence-electron chi connectivity index (χ0n) is 11.9. The number of anilines is 2. The Balaban J connectivity index is 2.26. The molecular weight excluding hydrogens is 272 g/mol. The van der Waals surface area contributed by atoms with Gasteiger partial charge in [0.1, 0.15) is 0 Å².